The van der Waals surface area contributed by atoms with Crippen molar-refractivity contribution in [1.82, 2.24) is 5.43 Å². The third-order valence-electron chi connectivity index (χ3n) is 2.42. The zero-order valence-corrected chi connectivity index (χ0v) is 6.56. The van der Waals surface area contributed by atoms with Gasteiger partial charge in [0.25, 0.3) is 0 Å². The Kier molecular flexibility index (Phi) is 1.36. The predicted octanol–water partition coefficient (Wildman–Crippen LogP) is -0.362. The van der Waals surface area contributed by atoms with E-state index in [0.717, 1.165) is 0 Å². The molecule has 0 saturated heterocycles. The van der Waals surface area contributed by atoms with E-state index in [1.807, 2.05) is 6.92 Å². The number of rotatable bonds is 0. The number of amides is 1. The smallest absolute Gasteiger partial charge is 0.244 e. The molecule has 0 aromatic carbocycles. The molecule has 6 heteroatoms. The molecule has 2 aliphatic rings. The van der Waals surface area contributed by atoms with Gasteiger partial charge in [-0.3, -0.25) is 4.79 Å². The molecule has 2 rings (SSSR count). The average molecular weight is 167 g/mol. The average Bonchev–Trinajstić information content (AvgIpc) is 2.71. The molecular weight excluding hydrogens is 158 g/mol. The fraction of sp³-hybridized carbons (Fsp3) is 0.667. The Morgan fingerprint density at radius 3 is 3.00 bits per heavy atom. The lowest BCUT2D eigenvalue weighted by molar-refractivity contribution is -0.123. The number of fused-ring (bicyclic) bond motifs is 1. The normalized spacial score (nSPS) is 38.9. The summed E-state index contributed by atoms with van der Waals surface area (Å²) in [5, 5.41) is 10.5. The van der Waals surface area contributed by atoms with Gasteiger partial charge in [-0.15, -0.1) is 5.11 Å². The molecule has 1 aliphatic heterocycles. The van der Waals surface area contributed by atoms with Gasteiger partial charge >= 0.3 is 0 Å². The van der Waals surface area contributed by atoms with Crippen molar-refractivity contribution in [3.8, 4) is 0 Å². The minimum absolute atomic E-state index is 0.0246. The minimum atomic E-state index is -0.0246. The Labute approximate surface area is 68.9 Å². The molecule has 3 N–H and O–H groups in total. The highest BCUT2D eigenvalue weighted by atomic mass is 16.2. The second-order valence-electron chi connectivity index (χ2n) is 3.07. The van der Waals surface area contributed by atoms with Crippen LogP contribution in [0.2, 0.25) is 0 Å². The highest BCUT2D eigenvalue weighted by Crippen LogP contribution is 2.48. The van der Waals surface area contributed by atoms with Crippen LogP contribution in [0.4, 0.5) is 0 Å². The Balaban J connectivity index is 2.23. The topological polar surface area (TPSA) is 92.2 Å². The molecule has 1 amide bonds. The van der Waals surface area contributed by atoms with Gasteiger partial charge < -0.3 is 5.84 Å². The van der Waals surface area contributed by atoms with E-state index in [0.29, 0.717) is 11.8 Å². The van der Waals surface area contributed by atoms with Gasteiger partial charge in [0, 0.05) is 5.92 Å². The van der Waals surface area contributed by atoms with Gasteiger partial charge in [-0.2, -0.15) is 5.10 Å². The van der Waals surface area contributed by atoms with Gasteiger partial charge in [-0.25, -0.2) is 5.43 Å². The van der Waals surface area contributed by atoms with Crippen LogP contribution in [0.25, 0.3) is 0 Å². The summed E-state index contributed by atoms with van der Waals surface area (Å²) in [6.07, 6.45) is 0. The summed E-state index contributed by atoms with van der Waals surface area (Å²) in [5.41, 5.74) is 2.38. The van der Waals surface area contributed by atoms with Gasteiger partial charge in [0.05, 0.1) is 5.92 Å². The molecule has 1 heterocycles. The molecule has 0 bridgehead atoms. The first-order chi connectivity index (χ1) is 5.75. The highest BCUT2D eigenvalue weighted by Gasteiger charge is 2.57. The SMILES string of the molecule is CC1C2C(=O)NN=C(N=NN)[C@H]12. The van der Waals surface area contributed by atoms with Crippen molar-refractivity contribution in [2.24, 2.45) is 39.0 Å². The summed E-state index contributed by atoms with van der Waals surface area (Å²) in [7, 11) is 0. The van der Waals surface area contributed by atoms with Crippen LogP contribution in [-0.4, -0.2) is 11.7 Å². The lowest BCUT2D eigenvalue weighted by Gasteiger charge is -2.04. The highest BCUT2D eigenvalue weighted by molar-refractivity contribution is 5.99. The summed E-state index contributed by atoms with van der Waals surface area (Å²) in [4.78, 5) is 11.1. The van der Waals surface area contributed by atoms with Gasteiger partial charge in [-0.05, 0) is 5.92 Å². The molecule has 0 aromatic rings. The van der Waals surface area contributed by atoms with E-state index >= 15 is 0 Å². The molecule has 0 aromatic heterocycles. The maximum absolute atomic E-state index is 11.1. The number of nitrogens with one attached hydrogen (secondary N) is 1. The van der Waals surface area contributed by atoms with E-state index in [9.17, 15) is 4.79 Å². The molecule has 6 nitrogen and oxygen atoms in total. The molecule has 3 atom stereocenters. The first kappa shape index (κ1) is 7.20. The van der Waals surface area contributed by atoms with Crippen LogP contribution >= 0.6 is 0 Å². The summed E-state index contributed by atoms with van der Waals surface area (Å²) < 4.78 is 0. The molecule has 2 unspecified atom stereocenters. The fourth-order valence-corrected chi connectivity index (χ4v) is 1.67. The Hall–Kier alpha value is -1.46. The predicted molar refractivity (Wildman–Crippen MR) is 40.8 cm³/mol. The standard InChI is InChI=1S/C6H9N5O/c1-2-3-4(2)6(12)10-8-5(3)9-11-7/h2-4H,1H3,(H,10,12)(H2,7,8,9)/t2?,3-,4?/m1/s1. The van der Waals surface area contributed by atoms with Crippen molar-refractivity contribution >= 4 is 11.7 Å². The van der Waals surface area contributed by atoms with Crippen molar-refractivity contribution < 1.29 is 4.79 Å². The number of carbonyl (C=O) groups excluding carboxylic acids is 1. The van der Waals surface area contributed by atoms with Crippen LogP contribution in [0, 0.1) is 17.8 Å². The van der Waals surface area contributed by atoms with Crippen LogP contribution in [0.15, 0.2) is 15.4 Å². The zero-order chi connectivity index (χ0) is 8.72. The summed E-state index contributed by atoms with van der Waals surface area (Å²) in [6, 6.07) is 0. The first-order valence-electron chi connectivity index (χ1n) is 3.74. The largest absolute Gasteiger partial charge is 0.305 e. The Bertz CT molecular complexity index is 284. The van der Waals surface area contributed by atoms with Crippen LogP contribution in [-0.2, 0) is 4.79 Å². The lowest BCUT2D eigenvalue weighted by atomic mass is 10.2. The quantitative estimate of drug-likeness (QED) is 0.293. The maximum atomic E-state index is 11.1. The minimum Gasteiger partial charge on any atom is -0.305 e. The van der Waals surface area contributed by atoms with Crippen molar-refractivity contribution in [3.63, 3.8) is 0 Å². The first-order valence-corrected chi connectivity index (χ1v) is 3.74. The van der Waals surface area contributed by atoms with E-state index in [2.05, 4.69) is 20.9 Å². The van der Waals surface area contributed by atoms with Crippen LogP contribution in [0.5, 0.6) is 0 Å². The third-order valence-corrected chi connectivity index (χ3v) is 2.42. The molecule has 1 saturated carbocycles. The van der Waals surface area contributed by atoms with Gasteiger partial charge in [0.15, 0.2) is 5.84 Å². The van der Waals surface area contributed by atoms with E-state index in [1.54, 1.807) is 0 Å². The summed E-state index contributed by atoms with van der Waals surface area (Å²) in [6.45, 7) is 1.99. The van der Waals surface area contributed by atoms with Crippen LogP contribution in [0.1, 0.15) is 6.92 Å². The third kappa shape index (κ3) is 0.806. The van der Waals surface area contributed by atoms with Gasteiger partial charge in [0.2, 0.25) is 5.91 Å². The van der Waals surface area contributed by atoms with E-state index < -0.39 is 0 Å². The van der Waals surface area contributed by atoms with E-state index in [1.165, 1.54) is 0 Å². The molecule has 64 valence electrons. The number of nitrogens with zero attached hydrogens (tertiary/aromatic N) is 3. The number of amidine groups is 1. The molecule has 0 spiro atoms. The van der Waals surface area contributed by atoms with Crippen LogP contribution in [0.3, 0.4) is 0 Å². The second kappa shape index (κ2) is 2.26. The number of nitrogens with two attached hydrogens (primary N) is 1. The summed E-state index contributed by atoms with van der Waals surface area (Å²) >= 11 is 0. The molecular formula is C6H9N5O. The van der Waals surface area contributed by atoms with Crippen molar-refractivity contribution in [1.29, 1.82) is 0 Å². The van der Waals surface area contributed by atoms with Crippen LogP contribution < -0.4 is 11.3 Å². The zero-order valence-electron chi connectivity index (χ0n) is 6.56. The maximum Gasteiger partial charge on any atom is 0.244 e. The number of hydrogen-bond acceptors (Lipinski definition) is 4. The van der Waals surface area contributed by atoms with Crippen molar-refractivity contribution in [2.45, 2.75) is 6.92 Å². The van der Waals surface area contributed by atoms with Gasteiger partial charge in [0.1, 0.15) is 0 Å². The monoisotopic (exact) mass is 167 g/mol. The van der Waals surface area contributed by atoms with Gasteiger partial charge in [-0.1, -0.05) is 12.1 Å². The van der Waals surface area contributed by atoms with Crippen molar-refractivity contribution in [3.05, 3.63) is 0 Å². The molecule has 1 fully saturated rings. The Morgan fingerprint density at radius 1 is 1.58 bits per heavy atom. The fourth-order valence-electron chi connectivity index (χ4n) is 1.67. The lowest BCUT2D eigenvalue weighted by Crippen LogP contribution is -2.27. The van der Waals surface area contributed by atoms with E-state index in [-0.39, 0.29) is 17.7 Å². The number of hydrazone groups is 1. The molecule has 1 aliphatic carbocycles. The number of hydrogen-bond donors (Lipinski definition) is 2. The Morgan fingerprint density at radius 2 is 2.33 bits per heavy atom. The second-order valence-corrected chi connectivity index (χ2v) is 3.07. The molecule has 0 radical (unpaired) electrons. The van der Waals surface area contributed by atoms with Crippen molar-refractivity contribution in [2.75, 3.05) is 0 Å². The number of carbonyl (C=O) groups is 1. The summed E-state index contributed by atoms with van der Waals surface area (Å²) in [5.74, 6) is 5.87. The van der Waals surface area contributed by atoms with E-state index in [4.69, 9.17) is 5.84 Å². The molecule has 12 heavy (non-hydrogen) atoms.